The van der Waals surface area contributed by atoms with Gasteiger partial charge in [-0.15, -0.1) is 0 Å². The first-order chi connectivity index (χ1) is 7.71. The summed E-state index contributed by atoms with van der Waals surface area (Å²) >= 11 is 0. The van der Waals surface area contributed by atoms with Crippen molar-refractivity contribution in [2.75, 3.05) is 0 Å². The van der Waals surface area contributed by atoms with Crippen molar-refractivity contribution in [3.05, 3.63) is 47.6 Å². The second kappa shape index (κ2) is 4.86. The highest BCUT2D eigenvalue weighted by molar-refractivity contribution is 5.36. The molecule has 86 valence electrons. The quantitative estimate of drug-likeness (QED) is 0.609. The lowest BCUT2D eigenvalue weighted by Gasteiger charge is -2.30. The van der Waals surface area contributed by atoms with E-state index in [0.717, 1.165) is 6.42 Å². The van der Waals surface area contributed by atoms with Crippen LogP contribution in [-0.2, 0) is 0 Å². The summed E-state index contributed by atoms with van der Waals surface area (Å²) in [6.07, 6.45) is 19.9. The van der Waals surface area contributed by atoms with Crippen molar-refractivity contribution in [2.45, 2.75) is 46.0 Å². The van der Waals surface area contributed by atoms with Crippen LogP contribution in [0.3, 0.4) is 0 Å². The molecule has 0 fully saturated rings. The Labute approximate surface area is 99.4 Å². The van der Waals surface area contributed by atoms with Gasteiger partial charge in [0.15, 0.2) is 0 Å². The van der Waals surface area contributed by atoms with Gasteiger partial charge in [-0.2, -0.15) is 0 Å². The van der Waals surface area contributed by atoms with Crippen molar-refractivity contribution in [3.63, 3.8) is 0 Å². The minimum atomic E-state index is 0.241. The molecule has 0 heterocycles. The monoisotopic (exact) mass is 214 g/mol. The molecule has 2 aliphatic rings. The Morgan fingerprint density at radius 1 is 0.938 bits per heavy atom. The summed E-state index contributed by atoms with van der Waals surface area (Å²) < 4.78 is 0. The van der Waals surface area contributed by atoms with E-state index in [2.05, 4.69) is 50.3 Å². The third kappa shape index (κ3) is 2.37. The molecule has 2 rings (SSSR count). The lowest BCUT2D eigenvalue weighted by molar-refractivity contribution is 0.496. The minimum Gasteiger partial charge on any atom is -0.0845 e. The van der Waals surface area contributed by atoms with E-state index in [4.69, 9.17) is 0 Å². The van der Waals surface area contributed by atoms with Gasteiger partial charge in [0.25, 0.3) is 0 Å². The van der Waals surface area contributed by atoms with E-state index in [1.54, 1.807) is 11.1 Å². The van der Waals surface area contributed by atoms with Crippen molar-refractivity contribution in [1.29, 1.82) is 0 Å². The predicted octanol–water partition coefficient (Wildman–Crippen LogP) is 4.96. The van der Waals surface area contributed by atoms with E-state index in [0.29, 0.717) is 0 Å². The van der Waals surface area contributed by atoms with Crippen LogP contribution in [0.5, 0.6) is 0 Å². The highest BCUT2D eigenvalue weighted by atomic mass is 14.3. The average Bonchev–Trinajstić information content (AvgIpc) is 2.68. The van der Waals surface area contributed by atoms with Crippen molar-refractivity contribution in [3.8, 4) is 0 Å². The molecule has 0 amide bonds. The normalized spacial score (nSPS) is 26.6. The predicted molar refractivity (Wildman–Crippen MR) is 71.3 cm³/mol. The Kier molecular flexibility index (Phi) is 3.48. The van der Waals surface area contributed by atoms with Crippen LogP contribution in [-0.4, -0.2) is 0 Å². The van der Waals surface area contributed by atoms with Gasteiger partial charge in [0.2, 0.25) is 0 Å². The first-order valence-electron chi connectivity index (χ1n) is 6.43. The van der Waals surface area contributed by atoms with Gasteiger partial charge in [0, 0.05) is 5.41 Å². The molecule has 0 nitrogen and oxygen atoms in total. The molecule has 0 spiro atoms. The Morgan fingerprint density at radius 2 is 1.69 bits per heavy atom. The standard InChI is InChI=1S/C16H22/c1-16(2,15-12-8-9-13-15)14-10-6-4-3-5-7-11-14/h4,6,8-10,12H,3,5,7,11,13H2,1-2H3/b6-4-,14-10+. The smallest absolute Gasteiger partial charge is 0.00733 e. The fraction of sp³-hybridized carbons (Fsp3) is 0.500. The molecule has 0 N–H and O–H groups in total. The third-order valence-electron chi connectivity index (χ3n) is 3.88. The summed E-state index contributed by atoms with van der Waals surface area (Å²) in [4.78, 5) is 0. The molecule has 0 aromatic heterocycles. The lowest BCUT2D eigenvalue weighted by atomic mass is 9.74. The zero-order valence-electron chi connectivity index (χ0n) is 10.5. The lowest BCUT2D eigenvalue weighted by Crippen LogP contribution is -2.17. The van der Waals surface area contributed by atoms with Gasteiger partial charge >= 0.3 is 0 Å². The zero-order valence-corrected chi connectivity index (χ0v) is 10.5. The molecule has 0 saturated heterocycles. The van der Waals surface area contributed by atoms with Gasteiger partial charge in [0.05, 0.1) is 0 Å². The summed E-state index contributed by atoms with van der Waals surface area (Å²) in [6.45, 7) is 4.74. The molecule has 0 aliphatic heterocycles. The van der Waals surface area contributed by atoms with E-state index in [9.17, 15) is 0 Å². The summed E-state index contributed by atoms with van der Waals surface area (Å²) in [5, 5.41) is 0. The molecule has 2 aliphatic carbocycles. The van der Waals surface area contributed by atoms with E-state index in [-0.39, 0.29) is 5.41 Å². The third-order valence-corrected chi connectivity index (χ3v) is 3.88. The van der Waals surface area contributed by atoms with Gasteiger partial charge in [-0.1, -0.05) is 61.4 Å². The van der Waals surface area contributed by atoms with Crippen molar-refractivity contribution in [1.82, 2.24) is 0 Å². The highest BCUT2D eigenvalue weighted by Crippen LogP contribution is 2.41. The fourth-order valence-electron chi connectivity index (χ4n) is 2.58. The van der Waals surface area contributed by atoms with Crippen LogP contribution >= 0.6 is 0 Å². The summed E-state index contributed by atoms with van der Waals surface area (Å²) in [5.74, 6) is 0. The van der Waals surface area contributed by atoms with Crippen LogP contribution in [0.2, 0.25) is 0 Å². The maximum atomic E-state index is 2.37. The summed E-state index contributed by atoms with van der Waals surface area (Å²) in [7, 11) is 0. The van der Waals surface area contributed by atoms with E-state index in [1.807, 2.05) is 0 Å². The number of hydrogen-bond donors (Lipinski definition) is 0. The van der Waals surface area contributed by atoms with Crippen molar-refractivity contribution >= 4 is 0 Å². The second-order valence-corrected chi connectivity index (χ2v) is 5.32. The molecular formula is C16H22. The van der Waals surface area contributed by atoms with E-state index < -0.39 is 0 Å². The molecule has 0 saturated carbocycles. The zero-order chi connectivity index (χ0) is 11.4. The molecule has 0 aromatic rings. The van der Waals surface area contributed by atoms with Crippen molar-refractivity contribution < 1.29 is 0 Å². The molecule has 0 heteroatoms. The van der Waals surface area contributed by atoms with Gasteiger partial charge < -0.3 is 0 Å². The van der Waals surface area contributed by atoms with Gasteiger partial charge in [-0.3, -0.25) is 0 Å². The van der Waals surface area contributed by atoms with E-state index in [1.165, 1.54) is 25.7 Å². The second-order valence-electron chi connectivity index (χ2n) is 5.32. The fourth-order valence-corrected chi connectivity index (χ4v) is 2.58. The van der Waals surface area contributed by atoms with Crippen molar-refractivity contribution in [2.24, 2.45) is 5.41 Å². The Balaban J connectivity index is 2.20. The topological polar surface area (TPSA) is 0 Å². The maximum absolute atomic E-state index is 2.37. The molecular weight excluding hydrogens is 192 g/mol. The molecule has 16 heavy (non-hydrogen) atoms. The minimum absolute atomic E-state index is 0.241. The van der Waals surface area contributed by atoms with Gasteiger partial charge in [-0.05, 0) is 32.1 Å². The average molecular weight is 214 g/mol. The molecule has 0 radical (unpaired) electrons. The highest BCUT2D eigenvalue weighted by Gasteiger charge is 2.27. The van der Waals surface area contributed by atoms with Crippen LogP contribution in [0.25, 0.3) is 0 Å². The Bertz CT molecular complexity index is 361. The number of rotatable bonds is 2. The number of allylic oxidation sites excluding steroid dienone is 8. The van der Waals surface area contributed by atoms with E-state index >= 15 is 0 Å². The Morgan fingerprint density at radius 3 is 2.44 bits per heavy atom. The maximum Gasteiger partial charge on any atom is 0.00733 e. The SMILES string of the molecule is CC(C)(C1=CC=CC1)/C1=C/C=C\CCCC1. The number of hydrogen-bond acceptors (Lipinski definition) is 0. The Hall–Kier alpha value is -1.04. The molecule has 0 unspecified atom stereocenters. The summed E-state index contributed by atoms with van der Waals surface area (Å²) in [5.41, 5.74) is 3.40. The molecule has 0 atom stereocenters. The van der Waals surface area contributed by atoms with Crippen LogP contribution in [0.15, 0.2) is 47.6 Å². The van der Waals surface area contributed by atoms with Gasteiger partial charge in [0.1, 0.15) is 0 Å². The summed E-state index contributed by atoms with van der Waals surface area (Å²) in [6, 6.07) is 0. The van der Waals surface area contributed by atoms with Crippen LogP contribution < -0.4 is 0 Å². The van der Waals surface area contributed by atoms with Gasteiger partial charge in [-0.25, -0.2) is 0 Å². The van der Waals surface area contributed by atoms with Crippen LogP contribution in [0.1, 0.15) is 46.0 Å². The largest absolute Gasteiger partial charge is 0.0845 e. The molecule has 0 bridgehead atoms. The molecule has 0 aromatic carbocycles. The first-order valence-corrected chi connectivity index (χ1v) is 6.43. The first kappa shape index (κ1) is 11.4. The van der Waals surface area contributed by atoms with Crippen LogP contribution in [0, 0.1) is 5.41 Å². The van der Waals surface area contributed by atoms with Crippen LogP contribution in [0.4, 0.5) is 0 Å².